The molecule has 2 heterocycles. The Morgan fingerprint density at radius 3 is 2.83 bits per heavy atom. The Morgan fingerprint density at radius 2 is 2.10 bits per heavy atom. The Morgan fingerprint density at radius 1 is 1.28 bits per heavy atom. The molecular weight excluding hydrogens is 402 g/mol. The second-order valence-corrected chi connectivity index (χ2v) is 6.97. The molecule has 0 aliphatic carbocycles. The first-order valence-electron chi connectivity index (χ1n) is 8.26. The average Bonchev–Trinajstić information content (AvgIpc) is 3.27. The van der Waals surface area contributed by atoms with Crippen molar-refractivity contribution >= 4 is 41.0 Å². The second kappa shape index (κ2) is 9.06. The van der Waals surface area contributed by atoms with E-state index in [1.807, 2.05) is 0 Å². The van der Waals surface area contributed by atoms with Crippen LogP contribution in [0.25, 0.3) is 0 Å². The van der Waals surface area contributed by atoms with Crippen molar-refractivity contribution in [1.82, 2.24) is 5.32 Å². The highest BCUT2D eigenvalue weighted by Crippen LogP contribution is 2.22. The fourth-order valence-electron chi connectivity index (χ4n) is 2.30. The Labute approximate surface area is 168 Å². The van der Waals surface area contributed by atoms with Crippen LogP contribution in [0.2, 0.25) is 0 Å². The molecule has 1 aromatic heterocycles. The summed E-state index contributed by atoms with van der Waals surface area (Å²) in [6.07, 6.45) is 1.16. The molecule has 1 saturated heterocycles. The molecule has 1 amide bonds. The maximum atomic E-state index is 11.6. The smallest absolute Gasteiger partial charge is 0.371 e. The van der Waals surface area contributed by atoms with Gasteiger partial charge in [-0.2, -0.15) is 5.10 Å². The second-order valence-electron chi connectivity index (χ2n) is 5.78. The zero-order valence-corrected chi connectivity index (χ0v) is 15.6. The summed E-state index contributed by atoms with van der Waals surface area (Å²) in [6, 6.07) is 9.79. The standard InChI is InChI=1S/C18H15N3O7S/c22-15(23)7-14-16(24)20-18(29-14)21-19-8-10-2-1-3-11(6-10)27-9-12-4-5-13(28-12)17(25)26/h1-6,8,14H,7,9H2,(H,22,23)(H,25,26)(H,20,21,24). The topological polar surface area (TPSA) is 151 Å². The first-order valence-corrected chi connectivity index (χ1v) is 9.14. The molecule has 3 N–H and O–H groups in total. The first kappa shape index (κ1) is 20.1. The molecule has 1 aliphatic rings. The van der Waals surface area contributed by atoms with E-state index in [0.717, 1.165) is 11.8 Å². The van der Waals surface area contributed by atoms with Gasteiger partial charge < -0.3 is 24.7 Å². The highest BCUT2D eigenvalue weighted by molar-refractivity contribution is 8.15. The summed E-state index contributed by atoms with van der Waals surface area (Å²) >= 11 is 1.01. The SMILES string of the molecule is O=C(O)CC1SC(=NN=Cc2cccc(OCc3ccc(C(=O)O)o3)c2)NC1=O. The number of rotatable bonds is 8. The lowest BCUT2D eigenvalue weighted by Gasteiger charge is -2.04. The number of amidine groups is 1. The van der Waals surface area contributed by atoms with Crippen LogP contribution in [0.5, 0.6) is 5.75 Å². The van der Waals surface area contributed by atoms with Crippen molar-refractivity contribution in [2.75, 3.05) is 0 Å². The van der Waals surface area contributed by atoms with Gasteiger partial charge in [0.1, 0.15) is 23.4 Å². The van der Waals surface area contributed by atoms with Crippen LogP contribution < -0.4 is 10.1 Å². The minimum absolute atomic E-state index is 0.0593. The minimum atomic E-state index is -1.15. The quantitative estimate of drug-likeness (QED) is 0.435. The number of thioether (sulfide) groups is 1. The molecule has 3 rings (SSSR count). The number of amides is 1. The fourth-order valence-corrected chi connectivity index (χ4v) is 3.22. The summed E-state index contributed by atoms with van der Waals surface area (Å²) in [5.41, 5.74) is 0.675. The average molecular weight is 417 g/mol. The summed E-state index contributed by atoms with van der Waals surface area (Å²) in [5.74, 6) is -1.90. The van der Waals surface area contributed by atoms with Gasteiger partial charge in [0.25, 0.3) is 0 Å². The zero-order chi connectivity index (χ0) is 20.8. The summed E-state index contributed by atoms with van der Waals surface area (Å²) in [6.45, 7) is 0.0593. The van der Waals surface area contributed by atoms with E-state index in [9.17, 15) is 14.4 Å². The Hall–Kier alpha value is -3.60. The molecule has 1 aromatic carbocycles. The maximum absolute atomic E-state index is 11.6. The van der Waals surface area contributed by atoms with E-state index in [0.29, 0.717) is 17.1 Å². The van der Waals surface area contributed by atoms with Crippen molar-refractivity contribution in [3.63, 3.8) is 0 Å². The van der Waals surface area contributed by atoms with Crippen LogP contribution in [-0.2, 0) is 16.2 Å². The third kappa shape index (κ3) is 5.69. The van der Waals surface area contributed by atoms with Gasteiger partial charge in [0, 0.05) is 0 Å². The van der Waals surface area contributed by atoms with Crippen LogP contribution in [0.4, 0.5) is 0 Å². The molecule has 150 valence electrons. The van der Waals surface area contributed by atoms with E-state index >= 15 is 0 Å². The van der Waals surface area contributed by atoms with Crippen LogP contribution in [-0.4, -0.2) is 44.7 Å². The Balaban J connectivity index is 1.57. The summed E-state index contributed by atoms with van der Waals surface area (Å²) in [7, 11) is 0. The highest BCUT2D eigenvalue weighted by Gasteiger charge is 2.32. The van der Waals surface area contributed by atoms with Crippen LogP contribution in [0.1, 0.15) is 28.3 Å². The number of aromatic carboxylic acids is 1. The molecule has 11 heteroatoms. The summed E-state index contributed by atoms with van der Waals surface area (Å²) in [5, 5.41) is 27.4. The van der Waals surface area contributed by atoms with Crippen LogP contribution in [0.3, 0.4) is 0 Å². The van der Waals surface area contributed by atoms with Gasteiger partial charge in [0.15, 0.2) is 5.17 Å². The molecule has 0 spiro atoms. The number of carboxylic acids is 2. The first-order chi connectivity index (χ1) is 13.9. The van der Waals surface area contributed by atoms with Gasteiger partial charge in [-0.25, -0.2) is 4.79 Å². The monoisotopic (exact) mass is 417 g/mol. The number of carbonyl (C=O) groups excluding carboxylic acids is 1. The predicted molar refractivity (Wildman–Crippen MR) is 103 cm³/mol. The van der Waals surface area contributed by atoms with Crippen molar-refractivity contribution in [3.05, 3.63) is 53.5 Å². The summed E-state index contributed by atoms with van der Waals surface area (Å²) < 4.78 is 10.7. The molecule has 0 radical (unpaired) electrons. The van der Waals surface area contributed by atoms with Crippen LogP contribution >= 0.6 is 11.8 Å². The van der Waals surface area contributed by atoms with E-state index < -0.39 is 23.1 Å². The van der Waals surface area contributed by atoms with Gasteiger partial charge in [0.05, 0.1) is 12.6 Å². The molecule has 0 saturated carbocycles. The molecule has 0 bridgehead atoms. The van der Waals surface area contributed by atoms with E-state index in [-0.39, 0.29) is 24.0 Å². The van der Waals surface area contributed by atoms with E-state index in [4.69, 9.17) is 19.4 Å². The van der Waals surface area contributed by atoms with Gasteiger partial charge >= 0.3 is 11.9 Å². The number of carboxylic acid groups (broad SMARTS) is 2. The van der Waals surface area contributed by atoms with Crippen molar-refractivity contribution in [1.29, 1.82) is 0 Å². The number of aliphatic carboxylic acids is 1. The third-order valence-electron chi connectivity index (χ3n) is 3.60. The molecule has 10 nitrogen and oxygen atoms in total. The predicted octanol–water partition coefficient (Wildman–Crippen LogP) is 1.95. The van der Waals surface area contributed by atoms with Gasteiger partial charge in [-0.05, 0) is 29.8 Å². The number of nitrogens with one attached hydrogen (secondary N) is 1. The van der Waals surface area contributed by atoms with Gasteiger partial charge in [-0.3, -0.25) is 9.59 Å². The van der Waals surface area contributed by atoms with E-state index in [1.165, 1.54) is 18.3 Å². The molecule has 1 aliphatic heterocycles. The number of ether oxygens (including phenoxy) is 1. The van der Waals surface area contributed by atoms with Crippen molar-refractivity contribution < 1.29 is 33.8 Å². The lowest BCUT2D eigenvalue weighted by Crippen LogP contribution is -2.26. The maximum Gasteiger partial charge on any atom is 0.371 e. The lowest BCUT2D eigenvalue weighted by molar-refractivity contribution is -0.138. The molecule has 29 heavy (non-hydrogen) atoms. The lowest BCUT2D eigenvalue weighted by atomic mass is 10.2. The number of hydrogen-bond donors (Lipinski definition) is 3. The minimum Gasteiger partial charge on any atom is -0.486 e. The van der Waals surface area contributed by atoms with Crippen molar-refractivity contribution in [2.45, 2.75) is 18.3 Å². The number of furan rings is 1. The Bertz CT molecular complexity index is 999. The molecule has 2 aromatic rings. The van der Waals surface area contributed by atoms with Crippen molar-refractivity contribution in [2.24, 2.45) is 10.2 Å². The van der Waals surface area contributed by atoms with E-state index in [1.54, 1.807) is 24.3 Å². The summed E-state index contributed by atoms with van der Waals surface area (Å²) in [4.78, 5) is 33.1. The molecular formula is C18H15N3O7S. The molecule has 1 atom stereocenters. The normalized spacial score (nSPS) is 17.6. The Kier molecular flexibility index (Phi) is 6.29. The number of hydrogen-bond acceptors (Lipinski definition) is 8. The number of nitrogens with zero attached hydrogens (tertiary/aromatic N) is 2. The van der Waals surface area contributed by atoms with Crippen molar-refractivity contribution in [3.8, 4) is 5.75 Å². The highest BCUT2D eigenvalue weighted by atomic mass is 32.2. The third-order valence-corrected chi connectivity index (χ3v) is 4.68. The van der Waals surface area contributed by atoms with Crippen LogP contribution in [0, 0.1) is 0 Å². The van der Waals surface area contributed by atoms with Gasteiger partial charge in [-0.15, -0.1) is 5.10 Å². The number of carbonyl (C=O) groups is 3. The molecule has 1 unspecified atom stereocenters. The van der Waals surface area contributed by atoms with Gasteiger partial charge in [-0.1, -0.05) is 23.9 Å². The van der Waals surface area contributed by atoms with Crippen LogP contribution in [0.15, 0.2) is 51.0 Å². The van der Waals surface area contributed by atoms with E-state index in [2.05, 4.69) is 15.5 Å². The zero-order valence-electron chi connectivity index (χ0n) is 14.8. The fraction of sp³-hybridized carbons (Fsp3) is 0.167. The number of benzene rings is 1. The molecule has 1 fully saturated rings. The van der Waals surface area contributed by atoms with Gasteiger partial charge in [0.2, 0.25) is 11.7 Å². The largest absolute Gasteiger partial charge is 0.486 e.